The van der Waals surface area contributed by atoms with E-state index >= 15 is 0 Å². The average molecular weight is 432 g/mol. The van der Waals surface area contributed by atoms with E-state index in [4.69, 9.17) is 25.8 Å². The van der Waals surface area contributed by atoms with Gasteiger partial charge < -0.3 is 14.2 Å². The Labute approximate surface area is 181 Å². The van der Waals surface area contributed by atoms with Crippen molar-refractivity contribution in [3.05, 3.63) is 64.2 Å². The number of fused-ring (bicyclic) bond motifs is 1. The summed E-state index contributed by atoms with van der Waals surface area (Å²) in [5.74, 6) is 0.162. The summed E-state index contributed by atoms with van der Waals surface area (Å²) in [7, 11) is 1.31. The van der Waals surface area contributed by atoms with Crippen molar-refractivity contribution >= 4 is 23.7 Å². The van der Waals surface area contributed by atoms with E-state index in [2.05, 4.69) is 0 Å². The van der Waals surface area contributed by atoms with Crippen LogP contribution in [-0.2, 0) is 27.3 Å². The number of rotatable bonds is 4. The van der Waals surface area contributed by atoms with Crippen LogP contribution in [0.3, 0.4) is 0 Å². The summed E-state index contributed by atoms with van der Waals surface area (Å²) in [5, 5.41) is 0.647. The lowest BCUT2D eigenvalue weighted by Crippen LogP contribution is -2.46. The number of hydrogen-bond acceptors (Lipinski definition) is 5. The molecule has 160 valence electrons. The molecule has 0 aromatic heterocycles. The zero-order valence-corrected chi connectivity index (χ0v) is 18.4. The van der Waals surface area contributed by atoms with Gasteiger partial charge in [-0.05, 0) is 56.5 Å². The van der Waals surface area contributed by atoms with Crippen LogP contribution in [-0.4, -0.2) is 36.2 Å². The van der Waals surface area contributed by atoms with E-state index in [1.165, 1.54) is 12.0 Å². The van der Waals surface area contributed by atoms with Crippen molar-refractivity contribution in [3.63, 3.8) is 0 Å². The lowest BCUT2D eigenvalue weighted by molar-refractivity contribution is -0.147. The van der Waals surface area contributed by atoms with Gasteiger partial charge in [0.25, 0.3) is 0 Å². The molecule has 2 aromatic rings. The van der Waals surface area contributed by atoms with Gasteiger partial charge in [-0.3, -0.25) is 4.90 Å². The van der Waals surface area contributed by atoms with Gasteiger partial charge in [0.15, 0.2) is 6.04 Å². The van der Waals surface area contributed by atoms with Crippen LogP contribution < -0.4 is 4.74 Å². The van der Waals surface area contributed by atoms with E-state index < -0.39 is 23.7 Å². The fourth-order valence-corrected chi connectivity index (χ4v) is 3.54. The topological polar surface area (TPSA) is 65.1 Å². The predicted molar refractivity (Wildman–Crippen MR) is 114 cm³/mol. The molecule has 0 aliphatic carbocycles. The summed E-state index contributed by atoms with van der Waals surface area (Å²) in [6.07, 6.45) is 0.0355. The number of carbonyl (C=O) groups is 2. The average Bonchev–Trinajstić information content (AvgIpc) is 2.70. The summed E-state index contributed by atoms with van der Waals surface area (Å²) in [6.45, 7) is 6.05. The highest BCUT2D eigenvalue weighted by molar-refractivity contribution is 6.31. The Balaban J connectivity index is 1.82. The van der Waals surface area contributed by atoms with Gasteiger partial charge in [0.1, 0.15) is 18.0 Å². The molecule has 0 spiro atoms. The van der Waals surface area contributed by atoms with Gasteiger partial charge in [-0.25, -0.2) is 9.59 Å². The molecule has 0 radical (unpaired) electrons. The molecule has 1 atom stereocenters. The van der Waals surface area contributed by atoms with Gasteiger partial charge in [-0.2, -0.15) is 0 Å². The second-order valence-electron chi connectivity index (χ2n) is 8.09. The highest BCUT2D eigenvalue weighted by atomic mass is 35.5. The predicted octanol–water partition coefficient (Wildman–Crippen LogP) is 4.93. The maximum absolute atomic E-state index is 12.7. The van der Waals surface area contributed by atoms with E-state index in [0.29, 0.717) is 35.9 Å². The fraction of sp³-hybridized carbons (Fsp3) is 0.391. The normalized spacial score (nSPS) is 15.9. The summed E-state index contributed by atoms with van der Waals surface area (Å²) in [4.78, 5) is 26.6. The number of carbonyl (C=O) groups excluding carboxylic acids is 2. The summed E-state index contributed by atoms with van der Waals surface area (Å²) >= 11 is 6.19. The first-order chi connectivity index (χ1) is 14.2. The minimum atomic E-state index is -0.855. The van der Waals surface area contributed by atoms with Crippen LogP contribution >= 0.6 is 11.6 Å². The van der Waals surface area contributed by atoms with Crippen LogP contribution in [0.5, 0.6) is 5.75 Å². The highest BCUT2D eigenvalue weighted by Crippen LogP contribution is 2.34. The van der Waals surface area contributed by atoms with Gasteiger partial charge in [0.2, 0.25) is 0 Å². The standard InChI is InChI=1S/C23H26ClNO5/c1-23(2,3)30-22(27)25-12-11-15-13-17(9-10-18(15)20(25)21(26)28-4)29-14-16-7-5-6-8-19(16)24/h5-10,13,20H,11-12,14H2,1-4H3/t20-/m1/s1. The van der Waals surface area contributed by atoms with E-state index in [1.54, 1.807) is 32.9 Å². The first-order valence-electron chi connectivity index (χ1n) is 9.76. The van der Waals surface area contributed by atoms with Crippen LogP contribution in [0.15, 0.2) is 42.5 Å². The lowest BCUT2D eigenvalue weighted by Gasteiger charge is -2.36. The Bertz CT molecular complexity index is 937. The minimum absolute atomic E-state index is 0.336. The lowest BCUT2D eigenvalue weighted by atomic mass is 9.92. The van der Waals surface area contributed by atoms with Gasteiger partial charge in [-0.1, -0.05) is 35.9 Å². The van der Waals surface area contributed by atoms with Gasteiger partial charge >= 0.3 is 12.1 Å². The van der Waals surface area contributed by atoms with Crippen molar-refractivity contribution in [1.82, 2.24) is 4.90 Å². The smallest absolute Gasteiger partial charge is 0.411 e. The van der Waals surface area contributed by atoms with E-state index in [9.17, 15) is 9.59 Å². The third kappa shape index (κ3) is 5.05. The quantitative estimate of drug-likeness (QED) is 0.642. The maximum Gasteiger partial charge on any atom is 0.411 e. The molecular formula is C23H26ClNO5. The number of hydrogen-bond donors (Lipinski definition) is 0. The van der Waals surface area contributed by atoms with Crippen molar-refractivity contribution in [2.24, 2.45) is 0 Å². The third-order valence-corrected chi connectivity index (χ3v) is 5.12. The monoisotopic (exact) mass is 431 g/mol. The molecule has 0 saturated carbocycles. The minimum Gasteiger partial charge on any atom is -0.489 e. The van der Waals surface area contributed by atoms with E-state index in [-0.39, 0.29) is 0 Å². The first-order valence-corrected chi connectivity index (χ1v) is 10.1. The van der Waals surface area contributed by atoms with E-state index in [0.717, 1.165) is 11.1 Å². The number of ether oxygens (including phenoxy) is 3. The van der Waals surface area contributed by atoms with Crippen LogP contribution in [0.2, 0.25) is 5.02 Å². The van der Waals surface area contributed by atoms with Crippen LogP contribution in [0, 0.1) is 0 Å². The Morgan fingerprint density at radius 2 is 1.90 bits per heavy atom. The molecule has 30 heavy (non-hydrogen) atoms. The Morgan fingerprint density at radius 1 is 1.17 bits per heavy atom. The second kappa shape index (κ2) is 8.96. The molecule has 1 aliphatic heterocycles. The van der Waals surface area contributed by atoms with Gasteiger partial charge in [0.05, 0.1) is 7.11 Å². The number of amides is 1. The molecule has 7 heteroatoms. The molecule has 6 nitrogen and oxygen atoms in total. The fourth-order valence-electron chi connectivity index (χ4n) is 3.35. The molecule has 2 aromatic carbocycles. The van der Waals surface area contributed by atoms with Crippen molar-refractivity contribution in [2.75, 3.05) is 13.7 Å². The number of nitrogens with zero attached hydrogens (tertiary/aromatic N) is 1. The maximum atomic E-state index is 12.7. The SMILES string of the molecule is COC(=O)[C@H]1c2ccc(OCc3ccccc3Cl)cc2CCN1C(=O)OC(C)(C)C. The molecule has 0 saturated heterocycles. The Hall–Kier alpha value is -2.73. The molecular weight excluding hydrogens is 406 g/mol. The van der Waals surface area contributed by atoms with Crippen LogP contribution in [0.4, 0.5) is 4.79 Å². The Kier molecular flexibility index (Phi) is 6.56. The molecule has 1 aliphatic rings. The zero-order chi connectivity index (χ0) is 21.9. The van der Waals surface area contributed by atoms with E-state index in [1.807, 2.05) is 30.3 Å². The molecule has 1 amide bonds. The molecule has 0 N–H and O–H groups in total. The van der Waals surface area contributed by atoms with Gasteiger partial charge in [-0.15, -0.1) is 0 Å². The number of esters is 1. The third-order valence-electron chi connectivity index (χ3n) is 4.75. The largest absolute Gasteiger partial charge is 0.489 e. The van der Waals surface area contributed by atoms with Crippen molar-refractivity contribution in [2.45, 2.75) is 45.4 Å². The Morgan fingerprint density at radius 3 is 2.57 bits per heavy atom. The van der Waals surface area contributed by atoms with Crippen LogP contribution in [0.1, 0.15) is 43.5 Å². The molecule has 0 fully saturated rings. The molecule has 1 heterocycles. The molecule has 3 rings (SSSR count). The number of benzene rings is 2. The van der Waals surface area contributed by atoms with Crippen molar-refractivity contribution in [3.8, 4) is 5.75 Å². The summed E-state index contributed by atoms with van der Waals surface area (Å²) in [5.41, 5.74) is 1.88. The van der Waals surface area contributed by atoms with Crippen molar-refractivity contribution in [1.29, 1.82) is 0 Å². The zero-order valence-electron chi connectivity index (χ0n) is 17.6. The molecule has 0 bridgehead atoms. The highest BCUT2D eigenvalue weighted by Gasteiger charge is 2.39. The molecule has 0 unspecified atom stereocenters. The summed E-state index contributed by atoms with van der Waals surface area (Å²) in [6, 6.07) is 12.1. The number of methoxy groups -OCH3 is 1. The second-order valence-corrected chi connectivity index (χ2v) is 8.50. The van der Waals surface area contributed by atoms with Crippen LogP contribution in [0.25, 0.3) is 0 Å². The van der Waals surface area contributed by atoms with Gasteiger partial charge in [0, 0.05) is 17.1 Å². The van der Waals surface area contributed by atoms with Crippen molar-refractivity contribution < 1.29 is 23.8 Å². The summed E-state index contributed by atoms with van der Waals surface area (Å²) < 4.78 is 16.3. The number of halogens is 1. The first kappa shape index (κ1) is 22.0.